The van der Waals surface area contributed by atoms with E-state index in [0.717, 1.165) is 24.5 Å². The lowest BCUT2D eigenvalue weighted by molar-refractivity contribution is 0.288. The van der Waals surface area contributed by atoms with Crippen LogP contribution in [0.25, 0.3) is 0 Å². The van der Waals surface area contributed by atoms with Gasteiger partial charge in [-0.25, -0.2) is 4.68 Å². The normalized spacial score (nSPS) is 10.1. The van der Waals surface area contributed by atoms with Crippen molar-refractivity contribution in [3.8, 4) is 5.88 Å². The van der Waals surface area contributed by atoms with Crippen molar-refractivity contribution in [2.24, 2.45) is 7.05 Å². The van der Waals surface area contributed by atoms with Gasteiger partial charge in [0, 0.05) is 12.6 Å². The molecule has 0 saturated heterocycles. The van der Waals surface area contributed by atoms with Gasteiger partial charge in [-0.2, -0.15) is 5.10 Å². The van der Waals surface area contributed by atoms with Crippen LogP contribution >= 0.6 is 0 Å². The smallest absolute Gasteiger partial charge is 0.214 e. The first-order chi connectivity index (χ1) is 5.25. The fourth-order valence-electron chi connectivity index (χ4n) is 0.942. The van der Waals surface area contributed by atoms with E-state index >= 15 is 0 Å². The summed E-state index contributed by atoms with van der Waals surface area (Å²) in [5, 5.41) is 4.06. The molecule has 0 aromatic carbocycles. The zero-order valence-electron chi connectivity index (χ0n) is 7.29. The lowest BCUT2D eigenvalue weighted by atomic mass is 10.4. The summed E-state index contributed by atoms with van der Waals surface area (Å²) in [6, 6.07) is 0. The minimum absolute atomic E-state index is 0.764. The Morgan fingerprint density at radius 3 is 2.82 bits per heavy atom. The molecule has 0 bridgehead atoms. The first kappa shape index (κ1) is 8.11. The van der Waals surface area contributed by atoms with Crippen molar-refractivity contribution in [3.05, 3.63) is 11.8 Å². The van der Waals surface area contributed by atoms with E-state index in [1.165, 1.54) is 0 Å². The second-order valence-electron chi connectivity index (χ2n) is 2.60. The van der Waals surface area contributed by atoms with E-state index in [-0.39, 0.29) is 0 Å². The van der Waals surface area contributed by atoms with Crippen molar-refractivity contribution in [1.82, 2.24) is 9.78 Å². The number of hydrogen-bond donors (Lipinski definition) is 0. The molecule has 1 rings (SSSR count). The molecule has 0 aliphatic rings. The molecule has 0 spiro atoms. The lowest BCUT2D eigenvalue weighted by Crippen LogP contribution is -2.01. The van der Waals surface area contributed by atoms with Gasteiger partial charge in [0.15, 0.2) is 0 Å². The van der Waals surface area contributed by atoms with Crippen LogP contribution in [0.5, 0.6) is 5.88 Å². The molecular formula is C8H14N2O. The summed E-state index contributed by atoms with van der Waals surface area (Å²) in [6.45, 7) is 4.85. The highest BCUT2D eigenvalue weighted by molar-refractivity contribution is 5.21. The number of aryl methyl sites for hydroxylation is 2. The van der Waals surface area contributed by atoms with Gasteiger partial charge in [-0.1, -0.05) is 6.92 Å². The van der Waals surface area contributed by atoms with Crippen molar-refractivity contribution < 1.29 is 4.74 Å². The molecule has 0 saturated carbocycles. The van der Waals surface area contributed by atoms with Gasteiger partial charge in [-0.3, -0.25) is 0 Å². The summed E-state index contributed by atoms with van der Waals surface area (Å²) >= 11 is 0. The highest BCUT2D eigenvalue weighted by Crippen LogP contribution is 2.14. The minimum atomic E-state index is 0.764. The number of nitrogens with zero attached hydrogens (tertiary/aromatic N) is 2. The van der Waals surface area contributed by atoms with Crippen LogP contribution in [-0.2, 0) is 7.05 Å². The molecule has 3 nitrogen and oxygen atoms in total. The Morgan fingerprint density at radius 1 is 1.64 bits per heavy atom. The summed E-state index contributed by atoms with van der Waals surface area (Å²) < 4.78 is 7.21. The highest BCUT2D eigenvalue weighted by Gasteiger charge is 2.03. The van der Waals surface area contributed by atoms with Crippen LogP contribution in [0, 0.1) is 6.92 Å². The van der Waals surface area contributed by atoms with E-state index in [2.05, 4.69) is 12.0 Å². The molecule has 1 aromatic heterocycles. The summed E-state index contributed by atoms with van der Waals surface area (Å²) in [6.07, 6.45) is 2.84. The molecule has 0 fully saturated rings. The average molecular weight is 154 g/mol. The van der Waals surface area contributed by atoms with Crippen LogP contribution in [0.1, 0.15) is 18.9 Å². The second-order valence-corrected chi connectivity index (χ2v) is 2.60. The fraction of sp³-hybridized carbons (Fsp3) is 0.625. The molecule has 11 heavy (non-hydrogen) atoms. The number of hydrogen-bond acceptors (Lipinski definition) is 2. The summed E-state index contributed by atoms with van der Waals surface area (Å²) in [7, 11) is 1.89. The largest absolute Gasteiger partial charge is 0.478 e. The third kappa shape index (κ3) is 1.73. The average Bonchev–Trinajstić information content (AvgIpc) is 2.29. The maximum absolute atomic E-state index is 5.46. The van der Waals surface area contributed by atoms with Gasteiger partial charge >= 0.3 is 0 Å². The van der Waals surface area contributed by atoms with Gasteiger partial charge in [-0.15, -0.1) is 0 Å². The minimum Gasteiger partial charge on any atom is -0.478 e. The molecule has 1 heterocycles. The van der Waals surface area contributed by atoms with E-state index < -0.39 is 0 Å². The third-order valence-corrected chi connectivity index (χ3v) is 1.50. The maximum atomic E-state index is 5.46. The monoisotopic (exact) mass is 154 g/mol. The van der Waals surface area contributed by atoms with Gasteiger partial charge in [0.2, 0.25) is 5.88 Å². The summed E-state index contributed by atoms with van der Waals surface area (Å²) in [5.74, 6) is 0.881. The molecule has 0 radical (unpaired) electrons. The van der Waals surface area contributed by atoms with Gasteiger partial charge < -0.3 is 4.74 Å². The molecule has 0 aliphatic carbocycles. The number of ether oxygens (including phenoxy) is 1. The van der Waals surface area contributed by atoms with E-state index in [1.54, 1.807) is 4.68 Å². The van der Waals surface area contributed by atoms with Crippen LogP contribution in [0.4, 0.5) is 0 Å². The van der Waals surface area contributed by atoms with Crippen molar-refractivity contribution in [3.63, 3.8) is 0 Å². The number of rotatable bonds is 3. The molecule has 3 heteroatoms. The molecule has 0 atom stereocenters. The zero-order valence-corrected chi connectivity index (χ0v) is 7.29. The summed E-state index contributed by atoms with van der Waals surface area (Å²) in [4.78, 5) is 0. The van der Waals surface area contributed by atoms with Crippen molar-refractivity contribution in [2.75, 3.05) is 6.61 Å². The Balaban J connectivity index is 2.67. The second kappa shape index (κ2) is 3.42. The van der Waals surface area contributed by atoms with Gasteiger partial charge in [0.05, 0.1) is 12.8 Å². The first-order valence-corrected chi connectivity index (χ1v) is 3.87. The van der Waals surface area contributed by atoms with Crippen molar-refractivity contribution in [1.29, 1.82) is 0 Å². The van der Waals surface area contributed by atoms with Crippen LogP contribution in [-0.4, -0.2) is 16.4 Å². The standard InChI is InChI=1S/C8H14N2O/c1-4-5-11-8-7(2)6-9-10(8)3/h6H,4-5H2,1-3H3. The predicted molar refractivity (Wildman–Crippen MR) is 43.7 cm³/mol. The SMILES string of the molecule is CCCOc1c(C)cnn1C. The van der Waals surface area contributed by atoms with Crippen LogP contribution < -0.4 is 4.74 Å². The Morgan fingerprint density at radius 2 is 2.36 bits per heavy atom. The summed E-state index contributed by atoms with van der Waals surface area (Å²) in [5.41, 5.74) is 1.10. The lowest BCUT2D eigenvalue weighted by Gasteiger charge is -2.04. The topological polar surface area (TPSA) is 27.1 Å². The molecule has 0 aliphatic heterocycles. The molecule has 0 N–H and O–H groups in total. The van der Waals surface area contributed by atoms with Crippen molar-refractivity contribution in [2.45, 2.75) is 20.3 Å². The fourth-order valence-corrected chi connectivity index (χ4v) is 0.942. The zero-order chi connectivity index (χ0) is 8.27. The Hall–Kier alpha value is -0.990. The molecule has 0 amide bonds. The maximum Gasteiger partial charge on any atom is 0.214 e. The van der Waals surface area contributed by atoms with Gasteiger partial charge in [-0.05, 0) is 13.3 Å². The molecule has 1 aromatic rings. The van der Waals surface area contributed by atoms with E-state index in [0.29, 0.717) is 0 Å². The van der Waals surface area contributed by atoms with Crippen LogP contribution in [0.15, 0.2) is 6.20 Å². The first-order valence-electron chi connectivity index (χ1n) is 3.87. The number of aromatic nitrogens is 2. The molecule has 0 unspecified atom stereocenters. The quantitative estimate of drug-likeness (QED) is 0.660. The third-order valence-electron chi connectivity index (χ3n) is 1.50. The van der Waals surface area contributed by atoms with Gasteiger partial charge in [0.1, 0.15) is 0 Å². The van der Waals surface area contributed by atoms with Gasteiger partial charge in [0.25, 0.3) is 0 Å². The highest BCUT2D eigenvalue weighted by atomic mass is 16.5. The van der Waals surface area contributed by atoms with Crippen LogP contribution in [0.2, 0.25) is 0 Å². The molecular weight excluding hydrogens is 140 g/mol. The van der Waals surface area contributed by atoms with E-state index in [1.807, 2.05) is 20.2 Å². The van der Waals surface area contributed by atoms with Crippen LogP contribution in [0.3, 0.4) is 0 Å². The Labute approximate surface area is 67.0 Å². The Kier molecular flexibility index (Phi) is 2.52. The molecule has 62 valence electrons. The Bertz CT molecular complexity index is 210. The van der Waals surface area contributed by atoms with E-state index in [9.17, 15) is 0 Å². The van der Waals surface area contributed by atoms with E-state index in [4.69, 9.17) is 4.74 Å². The predicted octanol–water partition coefficient (Wildman–Crippen LogP) is 1.52. The van der Waals surface area contributed by atoms with Crippen molar-refractivity contribution >= 4 is 0 Å².